The van der Waals surface area contributed by atoms with Crippen LogP contribution in [0.3, 0.4) is 0 Å². The van der Waals surface area contributed by atoms with Gasteiger partial charge < -0.3 is 19.5 Å². The maximum absolute atomic E-state index is 12.4. The van der Waals surface area contributed by atoms with Gasteiger partial charge in [0.25, 0.3) is 0 Å². The van der Waals surface area contributed by atoms with E-state index < -0.39 is 5.97 Å². The van der Waals surface area contributed by atoms with E-state index in [1.165, 1.54) is 0 Å². The Bertz CT molecular complexity index is 1050. The van der Waals surface area contributed by atoms with E-state index in [1.807, 2.05) is 6.92 Å². The highest BCUT2D eigenvalue weighted by Gasteiger charge is 2.34. The highest BCUT2D eigenvalue weighted by Crippen LogP contribution is 2.38. The van der Waals surface area contributed by atoms with Crippen LogP contribution in [0.1, 0.15) is 50.4 Å². The van der Waals surface area contributed by atoms with Crippen molar-refractivity contribution in [2.45, 2.75) is 58.7 Å². The van der Waals surface area contributed by atoms with Crippen LogP contribution in [0, 0.1) is 24.7 Å². The van der Waals surface area contributed by atoms with E-state index in [9.17, 15) is 14.7 Å². The van der Waals surface area contributed by atoms with E-state index >= 15 is 0 Å². The Morgan fingerprint density at radius 2 is 2.03 bits per heavy atom. The second-order valence-electron chi connectivity index (χ2n) is 9.62. The number of carboxylic acids is 1. The third-order valence-electron chi connectivity index (χ3n) is 6.93. The monoisotopic (exact) mass is 471 g/mol. The zero-order chi connectivity index (χ0) is 24.4. The van der Waals surface area contributed by atoms with Crippen LogP contribution in [-0.4, -0.2) is 61.5 Å². The summed E-state index contributed by atoms with van der Waals surface area (Å²) in [5.74, 6) is 1.11. The summed E-state index contributed by atoms with van der Waals surface area (Å²) in [7, 11) is 3.54. The molecule has 10 nitrogen and oxygen atoms in total. The fourth-order valence-electron chi connectivity index (χ4n) is 4.50. The van der Waals surface area contributed by atoms with Crippen molar-refractivity contribution in [3.63, 3.8) is 0 Å². The van der Waals surface area contributed by atoms with Crippen molar-refractivity contribution in [3.05, 3.63) is 23.8 Å². The van der Waals surface area contributed by atoms with Crippen LogP contribution in [0.25, 0.3) is 11.4 Å². The smallest absolute Gasteiger partial charge is 0.409 e. The Kier molecular flexibility index (Phi) is 7.04. The summed E-state index contributed by atoms with van der Waals surface area (Å²) in [6, 6.07) is 0. The van der Waals surface area contributed by atoms with Crippen LogP contribution in [0.4, 0.5) is 4.79 Å². The molecule has 2 saturated carbocycles. The number of amides is 1. The summed E-state index contributed by atoms with van der Waals surface area (Å²) in [6.45, 7) is 4.79. The van der Waals surface area contributed by atoms with E-state index in [2.05, 4.69) is 22.0 Å². The summed E-state index contributed by atoms with van der Waals surface area (Å²) in [5, 5.41) is 13.6. The molecule has 2 aromatic heterocycles. The van der Waals surface area contributed by atoms with Gasteiger partial charge in [0.15, 0.2) is 11.6 Å². The van der Waals surface area contributed by atoms with Crippen molar-refractivity contribution in [3.8, 4) is 17.1 Å². The number of carbonyl (C=O) groups excluding carboxylic acids is 1. The first-order valence-electron chi connectivity index (χ1n) is 11.8. The van der Waals surface area contributed by atoms with Gasteiger partial charge in [-0.25, -0.2) is 14.8 Å². The molecule has 10 heteroatoms. The minimum atomic E-state index is -0.769. The number of hydrogen-bond donors (Lipinski definition) is 1. The molecule has 4 atom stereocenters. The van der Waals surface area contributed by atoms with Crippen LogP contribution < -0.4 is 4.74 Å². The van der Waals surface area contributed by atoms with Gasteiger partial charge >= 0.3 is 12.1 Å². The molecular weight excluding hydrogens is 438 g/mol. The van der Waals surface area contributed by atoms with Crippen molar-refractivity contribution in [1.82, 2.24) is 24.6 Å². The third-order valence-corrected chi connectivity index (χ3v) is 6.93. The Balaban J connectivity index is 1.41. The first-order valence-corrected chi connectivity index (χ1v) is 11.8. The average molecular weight is 472 g/mol. The van der Waals surface area contributed by atoms with Gasteiger partial charge in [-0.3, -0.25) is 9.48 Å². The second kappa shape index (κ2) is 9.99. The molecule has 2 aliphatic carbocycles. The van der Waals surface area contributed by atoms with Crippen molar-refractivity contribution >= 4 is 12.1 Å². The fourth-order valence-corrected chi connectivity index (χ4v) is 4.50. The highest BCUT2D eigenvalue weighted by atomic mass is 16.6. The number of aryl methyl sites for hydroxylation is 2. The zero-order valence-corrected chi connectivity index (χ0v) is 20.2. The van der Waals surface area contributed by atoms with E-state index in [-0.39, 0.29) is 24.7 Å². The first-order chi connectivity index (χ1) is 16.2. The summed E-state index contributed by atoms with van der Waals surface area (Å²) < 4.78 is 13.3. The van der Waals surface area contributed by atoms with E-state index in [1.54, 1.807) is 36.1 Å². The predicted octanol–water partition coefficient (Wildman–Crippen LogP) is 3.43. The molecule has 0 aromatic carbocycles. The molecule has 184 valence electrons. The quantitative estimate of drug-likeness (QED) is 0.622. The molecule has 2 aliphatic rings. The summed E-state index contributed by atoms with van der Waals surface area (Å²) in [4.78, 5) is 34.4. The predicted molar refractivity (Wildman–Crippen MR) is 123 cm³/mol. The minimum Gasteiger partial charge on any atom is -0.487 e. The normalized spacial score (nSPS) is 23.9. The van der Waals surface area contributed by atoms with Crippen LogP contribution >= 0.6 is 0 Å². The molecule has 0 radical (unpaired) electrons. The molecule has 1 amide bonds. The molecule has 2 heterocycles. The molecule has 0 spiro atoms. The van der Waals surface area contributed by atoms with Crippen molar-refractivity contribution in [2.24, 2.45) is 24.8 Å². The average Bonchev–Trinajstić information content (AvgIpc) is 3.37. The largest absolute Gasteiger partial charge is 0.487 e. The summed E-state index contributed by atoms with van der Waals surface area (Å²) in [5.41, 5.74) is 2.05. The topological polar surface area (TPSA) is 120 Å². The van der Waals surface area contributed by atoms with Crippen LogP contribution in [0.15, 0.2) is 12.4 Å². The number of hydrogen-bond acceptors (Lipinski definition) is 7. The fraction of sp³-hybridized carbons (Fsp3) is 0.625. The molecule has 2 aromatic rings. The number of aromatic nitrogens is 4. The number of aliphatic carboxylic acids is 1. The van der Waals surface area contributed by atoms with Crippen LogP contribution in [0.5, 0.6) is 5.75 Å². The zero-order valence-electron chi connectivity index (χ0n) is 20.2. The molecule has 0 bridgehead atoms. The van der Waals surface area contributed by atoms with Gasteiger partial charge in [0.2, 0.25) is 0 Å². The molecule has 0 unspecified atom stereocenters. The maximum atomic E-state index is 12.4. The third kappa shape index (κ3) is 5.48. The van der Waals surface area contributed by atoms with Gasteiger partial charge in [-0.15, -0.1) is 0 Å². The lowest BCUT2D eigenvalue weighted by atomic mass is 9.87. The Labute approximate surface area is 199 Å². The summed E-state index contributed by atoms with van der Waals surface area (Å²) >= 11 is 0. The van der Waals surface area contributed by atoms with Crippen LogP contribution in [-0.2, 0) is 23.2 Å². The van der Waals surface area contributed by atoms with Crippen molar-refractivity contribution in [2.75, 3.05) is 13.6 Å². The van der Waals surface area contributed by atoms with E-state index in [4.69, 9.17) is 9.47 Å². The lowest BCUT2D eigenvalue weighted by Crippen LogP contribution is -2.30. The van der Waals surface area contributed by atoms with Gasteiger partial charge in [0, 0.05) is 20.6 Å². The van der Waals surface area contributed by atoms with Gasteiger partial charge in [-0.2, -0.15) is 5.10 Å². The summed E-state index contributed by atoms with van der Waals surface area (Å²) in [6.07, 6.45) is 6.73. The lowest BCUT2D eigenvalue weighted by Gasteiger charge is -2.27. The highest BCUT2D eigenvalue weighted by molar-refractivity contribution is 5.70. The Hall–Kier alpha value is -3.17. The molecule has 0 saturated heterocycles. The van der Waals surface area contributed by atoms with Gasteiger partial charge in [0.05, 0.1) is 41.4 Å². The Morgan fingerprint density at radius 3 is 2.71 bits per heavy atom. The molecule has 1 N–H and O–H groups in total. The second-order valence-corrected chi connectivity index (χ2v) is 9.62. The van der Waals surface area contributed by atoms with Crippen molar-refractivity contribution in [1.29, 1.82) is 0 Å². The molecule has 4 rings (SSSR count). The number of ether oxygens (including phenoxy) is 2. The van der Waals surface area contributed by atoms with Gasteiger partial charge in [-0.05, 0) is 50.9 Å². The Morgan fingerprint density at radius 1 is 1.26 bits per heavy atom. The first kappa shape index (κ1) is 24.0. The van der Waals surface area contributed by atoms with E-state index in [0.29, 0.717) is 59.7 Å². The number of nitrogens with zero attached hydrogens (tertiary/aromatic N) is 5. The van der Waals surface area contributed by atoms with Crippen LogP contribution in [0.2, 0.25) is 0 Å². The van der Waals surface area contributed by atoms with Gasteiger partial charge in [-0.1, -0.05) is 6.92 Å². The molecule has 2 fully saturated rings. The maximum Gasteiger partial charge on any atom is 0.409 e. The number of rotatable bonds is 8. The molecule has 34 heavy (non-hydrogen) atoms. The van der Waals surface area contributed by atoms with E-state index in [0.717, 1.165) is 19.3 Å². The molecule has 0 aliphatic heterocycles. The minimum absolute atomic E-state index is 0.0640. The standard InChI is InChI=1S/C24H33N5O5/c1-14-8-17(14)12-28(3)24(32)33-13-20-19(10-26-29(20)4)22-25-11-21(15(2)27-22)34-18-7-5-6-16(9-18)23(30)31/h10-11,14,16-18H,5-9,12-13H2,1-4H3,(H,30,31)/t14-,16-,17+,18-/m0/s1. The lowest BCUT2D eigenvalue weighted by molar-refractivity contribution is -0.143. The number of carboxylic acid groups (broad SMARTS) is 1. The molecular formula is C24H33N5O5. The number of carbonyl (C=O) groups is 2. The SMILES string of the molecule is Cc1nc(-c2cnn(C)c2COC(=O)N(C)C[C@H]2C[C@@H]2C)ncc1O[C@H]1CCC[C@H](C(=O)O)C1. The van der Waals surface area contributed by atoms with Gasteiger partial charge in [0.1, 0.15) is 6.61 Å². The van der Waals surface area contributed by atoms with Crippen molar-refractivity contribution < 1.29 is 24.2 Å².